The molecule has 0 aromatic heterocycles. The first-order valence-corrected chi connectivity index (χ1v) is 16.9. The van der Waals surface area contributed by atoms with Crippen LogP contribution in [0.25, 0.3) is 0 Å². The van der Waals surface area contributed by atoms with Gasteiger partial charge >= 0.3 is 5.97 Å². The van der Waals surface area contributed by atoms with Crippen LogP contribution in [0.15, 0.2) is 0 Å². The maximum absolute atomic E-state index is 12.8. The topological polar surface area (TPSA) is 26.3 Å². The molecule has 0 unspecified atom stereocenters. The molecule has 0 heterocycles. The van der Waals surface area contributed by atoms with E-state index >= 15 is 0 Å². The predicted molar refractivity (Wildman–Crippen MR) is 161 cm³/mol. The predicted octanol–water partition coefficient (Wildman–Crippen LogP) is 12.1. The third-order valence-corrected chi connectivity index (χ3v) is 7.89. The van der Waals surface area contributed by atoms with Gasteiger partial charge in [-0.1, -0.05) is 181 Å². The fraction of sp³-hybridized carbons (Fsp3) is 0.971. The lowest BCUT2D eigenvalue weighted by molar-refractivity contribution is -0.149. The van der Waals surface area contributed by atoms with Crippen molar-refractivity contribution in [3.05, 3.63) is 0 Å². The largest absolute Gasteiger partial charge is 0.465 e. The van der Waals surface area contributed by atoms with E-state index in [1.54, 1.807) is 0 Å². The number of ether oxygens (including phenoxy) is 1. The molecule has 0 aliphatic heterocycles. The highest BCUT2D eigenvalue weighted by molar-refractivity contribution is 5.72. The van der Waals surface area contributed by atoms with Gasteiger partial charge in [0.2, 0.25) is 0 Å². The second-order valence-electron chi connectivity index (χ2n) is 11.6. The molecule has 0 rings (SSSR count). The van der Waals surface area contributed by atoms with E-state index in [0.717, 1.165) is 19.3 Å². The van der Waals surface area contributed by atoms with Gasteiger partial charge in [-0.15, -0.1) is 0 Å². The van der Waals surface area contributed by atoms with E-state index in [9.17, 15) is 4.79 Å². The first-order chi connectivity index (χ1) is 17.8. The molecule has 0 bridgehead atoms. The minimum absolute atomic E-state index is 0.107. The number of hydrogen-bond acceptors (Lipinski definition) is 2. The minimum Gasteiger partial charge on any atom is -0.465 e. The van der Waals surface area contributed by atoms with Crippen molar-refractivity contribution in [2.45, 2.75) is 201 Å². The molecule has 0 amide bonds. The van der Waals surface area contributed by atoms with Gasteiger partial charge in [0.05, 0.1) is 12.5 Å². The lowest BCUT2D eigenvalue weighted by Gasteiger charge is -2.16. The van der Waals surface area contributed by atoms with Crippen molar-refractivity contribution >= 4 is 5.97 Å². The van der Waals surface area contributed by atoms with Gasteiger partial charge in [-0.3, -0.25) is 4.79 Å². The van der Waals surface area contributed by atoms with Crippen LogP contribution < -0.4 is 0 Å². The Labute approximate surface area is 228 Å². The maximum atomic E-state index is 12.8. The van der Waals surface area contributed by atoms with E-state index in [-0.39, 0.29) is 11.9 Å². The first-order valence-electron chi connectivity index (χ1n) is 16.9. The van der Waals surface area contributed by atoms with E-state index in [4.69, 9.17) is 4.74 Å². The molecule has 0 aliphatic carbocycles. The van der Waals surface area contributed by atoms with Crippen LogP contribution in [0.2, 0.25) is 0 Å². The van der Waals surface area contributed by atoms with Gasteiger partial charge in [-0.05, 0) is 19.3 Å². The average molecular weight is 509 g/mol. The molecule has 0 radical (unpaired) electrons. The van der Waals surface area contributed by atoms with Gasteiger partial charge in [0.25, 0.3) is 0 Å². The maximum Gasteiger partial charge on any atom is 0.308 e. The molecule has 0 fully saturated rings. The number of esters is 1. The van der Waals surface area contributed by atoms with Crippen molar-refractivity contribution in [3.63, 3.8) is 0 Å². The molecular formula is C34H68O2. The van der Waals surface area contributed by atoms with E-state index in [2.05, 4.69) is 20.8 Å². The summed E-state index contributed by atoms with van der Waals surface area (Å²) >= 11 is 0. The Balaban J connectivity index is 4.03. The zero-order chi connectivity index (χ0) is 26.4. The molecule has 2 nitrogen and oxygen atoms in total. The SMILES string of the molecule is CCCCCCCCCCCCC(CCCCCCCCCCCC)C(=O)OCCCCCCCC. The average Bonchev–Trinajstić information content (AvgIpc) is 2.88. The molecule has 0 N–H and O–H groups in total. The molecule has 36 heavy (non-hydrogen) atoms. The van der Waals surface area contributed by atoms with Crippen molar-refractivity contribution in [3.8, 4) is 0 Å². The second-order valence-corrected chi connectivity index (χ2v) is 11.6. The van der Waals surface area contributed by atoms with Gasteiger partial charge in [0.1, 0.15) is 0 Å². The molecule has 0 saturated heterocycles. The molecule has 0 aromatic carbocycles. The second kappa shape index (κ2) is 30.7. The van der Waals surface area contributed by atoms with E-state index in [1.807, 2.05) is 0 Å². The van der Waals surface area contributed by atoms with E-state index in [0.29, 0.717) is 6.61 Å². The summed E-state index contributed by atoms with van der Waals surface area (Å²) in [6, 6.07) is 0. The summed E-state index contributed by atoms with van der Waals surface area (Å²) in [6.45, 7) is 7.46. The molecular weight excluding hydrogens is 440 g/mol. The molecule has 0 spiro atoms. The van der Waals surface area contributed by atoms with E-state index in [1.165, 1.54) is 161 Å². The molecule has 2 heteroatoms. The molecule has 0 aromatic rings. The van der Waals surface area contributed by atoms with Crippen molar-refractivity contribution in [1.82, 2.24) is 0 Å². The summed E-state index contributed by atoms with van der Waals surface area (Å²) in [5, 5.41) is 0. The molecule has 0 aliphatic rings. The van der Waals surface area contributed by atoms with Crippen LogP contribution in [0.1, 0.15) is 201 Å². The third-order valence-electron chi connectivity index (χ3n) is 7.89. The Kier molecular flexibility index (Phi) is 30.2. The fourth-order valence-corrected chi connectivity index (χ4v) is 5.31. The summed E-state index contributed by atoms with van der Waals surface area (Å²) < 4.78 is 5.76. The number of rotatable bonds is 30. The Morgan fingerprint density at radius 1 is 0.417 bits per heavy atom. The quantitative estimate of drug-likeness (QED) is 0.0712. The smallest absolute Gasteiger partial charge is 0.308 e. The highest BCUT2D eigenvalue weighted by atomic mass is 16.5. The molecule has 0 saturated carbocycles. The van der Waals surface area contributed by atoms with Crippen LogP contribution in [0.3, 0.4) is 0 Å². The van der Waals surface area contributed by atoms with Crippen molar-refractivity contribution in [1.29, 1.82) is 0 Å². The van der Waals surface area contributed by atoms with Gasteiger partial charge < -0.3 is 4.74 Å². The zero-order valence-corrected chi connectivity index (χ0v) is 25.4. The molecule has 216 valence electrons. The monoisotopic (exact) mass is 509 g/mol. The zero-order valence-electron chi connectivity index (χ0n) is 25.4. The summed E-state index contributed by atoms with van der Waals surface area (Å²) in [5.41, 5.74) is 0. The summed E-state index contributed by atoms with van der Waals surface area (Å²) in [7, 11) is 0. The number of carbonyl (C=O) groups excluding carboxylic acids is 1. The standard InChI is InChI=1S/C34H68O2/c1-4-7-10-13-16-18-20-22-24-27-30-33(34(35)36-32-29-26-15-12-9-6-3)31-28-25-23-21-19-17-14-11-8-5-2/h33H,4-32H2,1-3H3. The Morgan fingerprint density at radius 2 is 0.694 bits per heavy atom. The van der Waals surface area contributed by atoms with Crippen LogP contribution in [-0.4, -0.2) is 12.6 Å². The van der Waals surface area contributed by atoms with Gasteiger partial charge in [-0.25, -0.2) is 0 Å². The van der Waals surface area contributed by atoms with Gasteiger partial charge in [0.15, 0.2) is 0 Å². The third kappa shape index (κ3) is 26.5. The van der Waals surface area contributed by atoms with Crippen LogP contribution in [0.4, 0.5) is 0 Å². The Hall–Kier alpha value is -0.530. The van der Waals surface area contributed by atoms with Crippen LogP contribution in [0.5, 0.6) is 0 Å². The van der Waals surface area contributed by atoms with E-state index < -0.39 is 0 Å². The van der Waals surface area contributed by atoms with Crippen molar-refractivity contribution < 1.29 is 9.53 Å². The summed E-state index contributed by atoms with van der Waals surface area (Å²) in [6.07, 6.45) is 36.7. The minimum atomic E-state index is 0.107. The van der Waals surface area contributed by atoms with Crippen molar-refractivity contribution in [2.75, 3.05) is 6.61 Å². The Bertz CT molecular complexity index is 395. The number of hydrogen-bond donors (Lipinski definition) is 0. The van der Waals surface area contributed by atoms with Crippen molar-refractivity contribution in [2.24, 2.45) is 5.92 Å². The lowest BCUT2D eigenvalue weighted by atomic mass is 9.94. The summed E-state index contributed by atoms with van der Waals surface area (Å²) in [4.78, 5) is 12.8. The normalized spacial score (nSPS) is 11.4. The molecule has 0 atom stereocenters. The number of unbranched alkanes of at least 4 members (excludes halogenated alkanes) is 23. The Morgan fingerprint density at radius 3 is 1.03 bits per heavy atom. The summed E-state index contributed by atoms with van der Waals surface area (Å²) in [5.74, 6) is 0.253. The van der Waals surface area contributed by atoms with Crippen LogP contribution >= 0.6 is 0 Å². The van der Waals surface area contributed by atoms with Crippen LogP contribution in [-0.2, 0) is 9.53 Å². The fourth-order valence-electron chi connectivity index (χ4n) is 5.31. The van der Waals surface area contributed by atoms with Crippen LogP contribution in [0, 0.1) is 5.92 Å². The lowest BCUT2D eigenvalue weighted by Crippen LogP contribution is -2.18. The highest BCUT2D eigenvalue weighted by Crippen LogP contribution is 2.21. The van der Waals surface area contributed by atoms with Gasteiger partial charge in [-0.2, -0.15) is 0 Å². The number of carbonyl (C=O) groups is 1. The highest BCUT2D eigenvalue weighted by Gasteiger charge is 2.19. The van der Waals surface area contributed by atoms with Gasteiger partial charge in [0, 0.05) is 0 Å². The first kappa shape index (κ1) is 35.5.